The number of hydrogen-bond acceptors (Lipinski definition) is 8. The zero-order valence-electron chi connectivity index (χ0n) is 19.1. The van der Waals surface area contributed by atoms with Crippen LogP contribution in [0.25, 0.3) is 0 Å². The molecule has 0 fully saturated rings. The monoisotopic (exact) mass is 445 g/mol. The fourth-order valence-electron chi connectivity index (χ4n) is 3.53. The van der Waals surface area contributed by atoms with Crippen molar-refractivity contribution >= 4 is 5.91 Å². The van der Waals surface area contributed by atoms with Gasteiger partial charge in [0.05, 0.1) is 36.6 Å². The summed E-state index contributed by atoms with van der Waals surface area (Å²) < 4.78 is 16.4. The van der Waals surface area contributed by atoms with Crippen LogP contribution in [0.3, 0.4) is 0 Å². The molecule has 0 radical (unpaired) electrons. The number of hydrogen-bond donors (Lipinski definition) is 2. The topological polar surface area (TPSA) is 114 Å². The molecular weight excluding hydrogens is 414 g/mol. The largest absolute Gasteiger partial charge is 0.508 e. The van der Waals surface area contributed by atoms with Gasteiger partial charge in [-0.1, -0.05) is 20.8 Å². The number of phenols is 2. The van der Waals surface area contributed by atoms with E-state index in [-0.39, 0.29) is 41.4 Å². The van der Waals surface area contributed by atoms with E-state index < -0.39 is 0 Å². The predicted octanol–water partition coefficient (Wildman–Crippen LogP) is 3.02. The molecular formula is C23H31N3O6. The van der Waals surface area contributed by atoms with Crippen molar-refractivity contribution in [3.8, 4) is 23.4 Å². The summed E-state index contributed by atoms with van der Waals surface area (Å²) in [7, 11) is 1.59. The molecule has 1 amide bonds. The van der Waals surface area contributed by atoms with Crippen LogP contribution in [0.5, 0.6) is 23.4 Å². The Kier molecular flexibility index (Phi) is 7.74. The van der Waals surface area contributed by atoms with Crippen LogP contribution >= 0.6 is 0 Å². The average Bonchev–Trinajstić information content (AvgIpc) is 2.76. The van der Waals surface area contributed by atoms with E-state index >= 15 is 0 Å². The molecule has 1 aromatic heterocycles. The second kappa shape index (κ2) is 10.5. The molecule has 1 aromatic carbocycles. The molecule has 0 atom stereocenters. The molecule has 32 heavy (non-hydrogen) atoms. The number of rotatable bonds is 9. The number of carbonyl (C=O) groups excluding carboxylic acids is 1. The molecule has 9 nitrogen and oxygen atoms in total. The van der Waals surface area contributed by atoms with Crippen LogP contribution in [0.15, 0.2) is 12.1 Å². The normalized spacial score (nSPS) is 13.2. The smallest absolute Gasteiger partial charge is 0.320 e. The molecule has 1 aliphatic rings. The maximum Gasteiger partial charge on any atom is 0.320 e. The SMILES string of the molecule is CCCOc1nc(OCCOC)nc2c1CN(C(=O)c1cc(C(C)C)c(O)cc1O)CC2. The molecule has 3 rings (SSSR count). The third-order valence-corrected chi connectivity index (χ3v) is 5.25. The second-order valence-corrected chi connectivity index (χ2v) is 7.99. The van der Waals surface area contributed by atoms with Gasteiger partial charge in [-0.2, -0.15) is 9.97 Å². The molecule has 0 unspecified atom stereocenters. The lowest BCUT2D eigenvalue weighted by Crippen LogP contribution is -2.37. The van der Waals surface area contributed by atoms with Crippen LogP contribution in [0.2, 0.25) is 0 Å². The highest BCUT2D eigenvalue weighted by Crippen LogP contribution is 2.34. The van der Waals surface area contributed by atoms with Crippen molar-refractivity contribution in [2.24, 2.45) is 0 Å². The number of phenolic OH excluding ortho intramolecular Hbond substituents is 2. The Bertz CT molecular complexity index is 963. The van der Waals surface area contributed by atoms with Crippen molar-refractivity contribution in [1.82, 2.24) is 14.9 Å². The Morgan fingerprint density at radius 3 is 2.59 bits per heavy atom. The first-order valence-corrected chi connectivity index (χ1v) is 10.8. The summed E-state index contributed by atoms with van der Waals surface area (Å²) in [6, 6.07) is 3.01. The second-order valence-electron chi connectivity index (χ2n) is 7.99. The van der Waals surface area contributed by atoms with E-state index in [2.05, 4.69) is 9.97 Å². The third-order valence-electron chi connectivity index (χ3n) is 5.25. The van der Waals surface area contributed by atoms with E-state index in [1.165, 1.54) is 6.07 Å². The molecule has 2 aromatic rings. The molecule has 0 saturated heterocycles. The number of fused-ring (bicyclic) bond motifs is 1. The maximum atomic E-state index is 13.2. The van der Waals surface area contributed by atoms with Crippen molar-refractivity contribution in [1.29, 1.82) is 0 Å². The Morgan fingerprint density at radius 2 is 1.91 bits per heavy atom. The Balaban J connectivity index is 1.88. The van der Waals surface area contributed by atoms with Gasteiger partial charge in [0.25, 0.3) is 5.91 Å². The Labute approximate surface area is 188 Å². The predicted molar refractivity (Wildman–Crippen MR) is 117 cm³/mol. The molecule has 0 aliphatic carbocycles. The van der Waals surface area contributed by atoms with Crippen LogP contribution in [-0.4, -0.2) is 64.5 Å². The summed E-state index contributed by atoms with van der Waals surface area (Å²) >= 11 is 0. The van der Waals surface area contributed by atoms with Gasteiger partial charge in [0.2, 0.25) is 5.88 Å². The van der Waals surface area contributed by atoms with Crippen LogP contribution in [-0.2, 0) is 17.7 Å². The summed E-state index contributed by atoms with van der Waals surface area (Å²) in [5.41, 5.74) is 2.28. The Morgan fingerprint density at radius 1 is 1.12 bits per heavy atom. The van der Waals surface area contributed by atoms with Gasteiger partial charge in [0, 0.05) is 26.1 Å². The number of amides is 1. The minimum absolute atomic E-state index is 0.00297. The van der Waals surface area contributed by atoms with Gasteiger partial charge in [0.1, 0.15) is 18.1 Å². The number of aromatic nitrogens is 2. The van der Waals surface area contributed by atoms with Crippen LogP contribution in [0, 0.1) is 0 Å². The molecule has 2 N–H and O–H groups in total. The van der Waals surface area contributed by atoms with Gasteiger partial charge in [0.15, 0.2) is 0 Å². The summed E-state index contributed by atoms with van der Waals surface area (Å²) in [5, 5.41) is 20.4. The van der Waals surface area contributed by atoms with Crippen molar-refractivity contribution in [3.63, 3.8) is 0 Å². The first kappa shape index (κ1) is 23.6. The van der Waals surface area contributed by atoms with Gasteiger partial charge < -0.3 is 29.3 Å². The molecule has 0 saturated carbocycles. The average molecular weight is 446 g/mol. The minimum atomic E-state index is -0.322. The van der Waals surface area contributed by atoms with Gasteiger partial charge in [-0.25, -0.2) is 0 Å². The molecule has 174 valence electrons. The summed E-state index contributed by atoms with van der Waals surface area (Å²) in [5.74, 6) is -0.189. The number of aromatic hydroxyl groups is 2. The van der Waals surface area contributed by atoms with E-state index in [0.717, 1.165) is 17.7 Å². The number of carbonyl (C=O) groups is 1. The van der Waals surface area contributed by atoms with Crippen molar-refractivity contribution in [3.05, 3.63) is 34.5 Å². The van der Waals surface area contributed by atoms with Crippen molar-refractivity contribution < 1.29 is 29.2 Å². The zero-order valence-corrected chi connectivity index (χ0v) is 19.1. The third kappa shape index (κ3) is 5.21. The van der Waals surface area contributed by atoms with Gasteiger partial charge in [-0.3, -0.25) is 4.79 Å². The van der Waals surface area contributed by atoms with Crippen LogP contribution in [0.4, 0.5) is 0 Å². The number of ether oxygens (including phenoxy) is 3. The van der Waals surface area contributed by atoms with E-state index in [1.54, 1.807) is 18.1 Å². The zero-order chi connectivity index (χ0) is 23.3. The number of methoxy groups -OCH3 is 1. The highest BCUT2D eigenvalue weighted by molar-refractivity contribution is 5.97. The standard InChI is InChI=1S/C23H31N3O6/c1-5-8-31-21-17-13-26(7-6-18(17)24-23(25-21)32-10-9-30-4)22(29)16-11-15(14(2)3)19(27)12-20(16)28/h11-12,14,27-28H,5-10,13H2,1-4H3. The maximum absolute atomic E-state index is 13.2. The van der Waals surface area contributed by atoms with E-state index in [4.69, 9.17) is 14.2 Å². The van der Waals surface area contributed by atoms with Crippen molar-refractivity contribution in [2.75, 3.05) is 33.5 Å². The molecule has 9 heteroatoms. The molecule has 0 spiro atoms. The molecule has 2 heterocycles. The lowest BCUT2D eigenvalue weighted by Gasteiger charge is -2.29. The first-order chi connectivity index (χ1) is 15.3. The highest BCUT2D eigenvalue weighted by Gasteiger charge is 2.29. The Hall–Kier alpha value is -3.07. The van der Waals surface area contributed by atoms with Gasteiger partial charge >= 0.3 is 6.01 Å². The van der Waals surface area contributed by atoms with Crippen molar-refractivity contribution in [2.45, 2.75) is 46.1 Å². The molecule has 1 aliphatic heterocycles. The van der Waals surface area contributed by atoms with Gasteiger partial charge in [-0.15, -0.1) is 0 Å². The minimum Gasteiger partial charge on any atom is -0.508 e. The van der Waals surface area contributed by atoms with E-state index in [1.807, 2.05) is 20.8 Å². The number of nitrogens with zero attached hydrogens (tertiary/aromatic N) is 3. The number of benzene rings is 1. The van der Waals surface area contributed by atoms with Crippen LogP contribution in [0.1, 0.15) is 60.3 Å². The van der Waals surface area contributed by atoms with Crippen LogP contribution < -0.4 is 9.47 Å². The lowest BCUT2D eigenvalue weighted by atomic mass is 9.97. The highest BCUT2D eigenvalue weighted by atomic mass is 16.5. The summed E-state index contributed by atoms with van der Waals surface area (Å²) in [6.45, 7) is 7.73. The summed E-state index contributed by atoms with van der Waals surface area (Å²) in [6.07, 6.45) is 1.31. The van der Waals surface area contributed by atoms with E-state index in [9.17, 15) is 15.0 Å². The fourth-order valence-corrected chi connectivity index (χ4v) is 3.53. The lowest BCUT2D eigenvalue weighted by molar-refractivity contribution is 0.0726. The molecule has 0 bridgehead atoms. The fraction of sp³-hybridized carbons (Fsp3) is 0.522. The van der Waals surface area contributed by atoms with Gasteiger partial charge in [-0.05, 0) is 24.0 Å². The summed E-state index contributed by atoms with van der Waals surface area (Å²) in [4.78, 5) is 23.8. The van der Waals surface area contributed by atoms with E-state index in [0.29, 0.717) is 44.2 Å². The quantitative estimate of drug-likeness (QED) is 0.566. The first-order valence-electron chi connectivity index (χ1n) is 10.8.